The lowest BCUT2D eigenvalue weighted by Crippen LogP contribution is -2.03. The van der Waals surface area contributed by atoms with Crippen LogP contribution in [0, 0.1) is 11.7 Å². The fourth-order valence-corrected chi connectivity index (χ4v) is 1.95. The van der Waals surface area contributed by atoms with Crippen LogP contribution < -0.4 is 5.32 Å². The van der Waals surface area contributed by atoms with Crippen LogP contribution in [0.1, 0.15) is 33.1 Å². The molecule has 0 fully saturated rings. The van der Waals surface area contributed by atoms with E-state index < -0.39 is 0 Å². The number of benzene rings is 1. The first-order chi connectivity index (χ1) is 8.65. The van der Waals surface area contributed by atoms with Gasteiger partial charge in [-0.25, -0.2) is 9.37 Å². The lowest BCUT2D eigenvalue weighted by atomic mass is 10.1. The molecule has 2 N–H and O–H groups in total. The van der Waals surface area contributed by atoms with Crippen LogP contribution >= 0.6 is 0 Å². The second-order valence-corrected chi connectivity index (χ2v) is 5.06. The van der Waals surface area contributed by atoms with E-state index in [4.69, 9.17) is 0 Å². The Morgan fingerprint density at radius 3 is 2.94 bits per heavy atom. The lowest BCUT2D eigenvalue weighted by molar-refractivity contribution is 0.544. The fraction of sp³-hybridized carbons (Fsp3) is 0.500. The first-order valence-corrected chi connectivity index (χ1v) is 6.54. The van der Waals surface area contributed by atoms with Crippen LogP contribution in [-0.4, -0.2) is 16.5 Å². The molecule has 0 saturated heterocycles. The van der Waals surface area contributed by atoms with E-state index in [-0.39, 0.29) is 5.82 Å². The van der Waals surface area contributed by atoms with E-state index in [0.29, 0.717) is 0 Å². The van der Waals surface area contributed by atoms with Crippen molar-refractivity contribution in [2.75, 3.05) is 11.9 Å². The number of hydrogen-bond donors (Lipinski definition) is 2. The summed E-state index contributed by atoms with van der Waals surface area (Å²) in [6.07, 6.45) is 3.61. The average molecular weight is 249 g/mol. The van der Waals surface area contributed by atoms with Crippen LogP contribution in [0.3, 0.4) is 0 Å². The van der Waals surface area contributed by atoms with Gasteiger partial charge in [0.1, 0.15) is 5.82 Å². The van der Waals surface area contributed by atoms with Gasteiger partial charge in [0.25, 0.3) is 0 Å². The second-order valence-electron chi connectivity index (χ2n) is 5.06. The van der Waals surface area contributed by atoms with E-state index in [1.54, 1.807) is 6.07 Å². The molecular weight excluding hydrogens is 229 g/mol. The summed E-state index contributed by atoms with van der Waals surface area (Å²) < 4.78 is 13.0. The average Bonchev–Trinajstić information content (AvgIpc) is 2.70. The molecule has 4 heteroatoms. The normalized spacial score (nSPS) is 11.3. The molecule has 3 nitrogen and oxygen atoms in total. The van der Waals surface area contributed by atoms with E-state index >= 15 is 0 Å². The van der Waals surface area contributed by atoms with E-state index in [1.165, 1.54) is 25.0 Å². The monoisotopic (exact) mass is 249 g/mol. The molecule has 0 spiro atoms. The van der Waals surface area contributed by atoms with Crippen molar-refractivity contribution < 1.29 is 4.39 Å². The molecule has 0 unspecified atom stereocenters. The Balaban J connectivity index is 1.84. The molecule has 0 aliphatic heterocycles. The Morgan fingerprint density at radius 2 is 2.17 bits per heavy atom. The number of fused-ring (bicyclic) bond motifs is 1. The Kier molecular flexibility index (Phi) is 4.18. The van der Waals surface area contributed by atoms with Crippen molar-refractivity contribution in [2.24, 2.45) is 5.92 Å². The minimum Gasteiger partial charge on any atom is -0.356 e. The van der Waals surface area contributed by atoms with Gasteiger partial charge in [-0.2, -0.15) is 0 Å². The minimum atomic E-state index is -0.241. The first kappa shape index (κ1) is 12.9. The van der Waals surface area contributed by atoms with E-state index in [9.17, 15) is 4.39 Å². The summed E-state index contributed by atoms with van der Waals surface area (Å²) in [5, 5.41) is 3.24. The molecule has 0 aliphatic rings. The summed E-state index contributed by atoms with van der Waals surface area (Å²) in [7, 11) is 0. The van der Waals surface area contributed by atoms with Crippen molar-refractivity contribution in [3.8, 4) is 0 Å². The van der Waals surface area contributed by atoms with Gasteiger partial charge in [0.05, 0.1) is 11.0 Å². The number of unbranched alkanes of at least 4 members (excludes halogenated alkanes) is 1. The number of hydrogen-bond acceptors (Lipinski definition) is 2. The molecule has 0 atom stereocenters. The lowest BCUT2D eigenvalue weighted by Gasteiger charge is -2.04. The van der Waals surface area contributed by atoms with Gasteiger partial charge in [0.15, 0.2) is 0 Å². The molecule has 0 saturated carbocycles. The number of aromatic nitrogens is 2. The van der Waals surface area contributed by atoms with Gasteiger partial charge in [-0.1, -0.05) is 26.7 Å². The maximum Gasteiger partial charge on any atom is 0.201 e. The van der Waals surface area contributed by atoms with Crippen molar-refractivity contribution in [3.63, 3.8) is 0 Å². The summed E-state index contributed by atoms with van der Waals surface area (Å²) in [6.45, 7) is 5.37. The Bertz CT molecular complexity index is 505. The van der Waals surface area contributed by atoms with Crippen LogP contribution in [0.5, 0.6) is 0 Å². The van der Waals surface area contributed by atoms with Gasteiger partial charge in [-0.3, -0.25) is 0 Å². The maximum absolute atomic E-state index is 13.0. The van der Waals surface area contributed by atoms with Gasteiger partial charge < -0.3 is 10.3 Å². The third-order valence-corrected chi connectivity index (χ3v) is 2.94. The summed E-state index contributed by atoms with van der Waals surface area (Å²) in [4.78, 5) is 7.43. The van der Waals surface area contributed by atoms with Gasteiger partial charge >= 0.3 is 0 Å². The van der Waals surface area contributed by atoms with Crippen molar-refractivity contribution >= 4 is 17.0 Å². The molecule has 2 rings (SSSR count). The maximum atomic E-state index is 13.0. The first-order valence-electron chi connectivity index (χ1n) is 6.54. The van der Waals surface area contributed by atoms with Crippen LogP contribution in [0.25, 0.3) is 11.0 Å². The number of nitrogens with one attached hydrogen (secondary N) is 2. The predicted molar refractivity (Wildman–Crippen MR) is 73.2 cm³/mol. The summed E-state index contributed by atoms with van der Waals surface area (Å²) in [6, 6.07) is 4.58. The fourth-order valence-electron chi connectivity index (χ4n) is 1.95. The molecule has 0 aliphatic carbocycles. The van der Waals surface area contributed by atoms with E-state index in [2.05, 4.69) is 29.1 Å². The number of imidazole rings is 1. The van der Waals surface area contributed by atoms with Crippen LogP contribution in [0.4, 0.5) is 10.3 Å². The Hall–Kier alpha value is -1.58. The van der Waals surface area contributed by atoms with Crippen molar-refractivity contribution in [1.82, 2.24) is 9.97 Å². The Morgan fingerprint density at radius 1 is 1.33 bits per heavy atom. The number of anilines is 1. The highest BCUT2D eigenvalue weighted by Crippen LogP contribution is 2.15. The van der Waals surface area contributed by atoms with Gasteiger partial charge in [0.2, 0.25) is 5.95 Å². The largest absolute Gasteiger partial charge is 0.356 e. The zero-order chi connectivity index (χ0) is 13.0. The molecule has 2 aromatic rings. The van der Waals surface area contributed by atoms with Crippen LogP contribution in [0.2, 0.25) is 0 Å². The molecule has 1 aromatic heterocycles. The zero-order valence-corrected chi connectivity index (χ0v) is 11.0. The van der Waals surface area contributed by atoms with Gasteiger partial charge in [-0.15, -0.1) is 0 Å². The number of nitrogens with zero attached hydrogens (tertiary/aromatic N) is 1. The topological polar surface area (TPSA) is 40.7 Å². The summed E-state index contributed by atoms with van der Waals surface area (Å²) in [5.41, 5.74) is 1.53. The Labute approximate surface area is 107 Å². The molecule has 18 heavy (non-hydrogen) atoms. The molecule has 98 valence electrons. The summed E-state index contributed by atoms with van der Waals surface area (Å²) >= 11 is 0. The predicted octanol–water partition coefficient (Wildman–Crippen LogP) is 3.94. The number of rotatable bonds is 6. The molecule has 1 aromatic carbocycles. The van der Waals surface area contributed by atoms with Gasteiger partial charge in [0, 0.05) is 6.54 Å². The van der Waals surface area contributed by atoms with E-state index in [0.717, 1.165) is 35.9 Å². The minimum absolute atomic E-state index is 0.241. The second kappa shape index (κ2) is 5.85. The zero-order valence-electron chi connectivity index (χ0n) is 11.0. The molecule has 0 amide bonds. The highest BCUT2D eigenvalue weighted by molar-refractivity contribution is 5.77. The quantitative estimate of drug-likeness (QED) is 0.761. The van der Waals surface area contributed by atoms with Gasteiger partial charge in [-0.05, 0) is 30.5 Å². The third kappa shape index (κ3) is 3.45. The number of H-pyrrole nitrogens is 1. The van der Waals surface area contributed by atoms with Crippen molar-refractivity contribution in [2.45, 2.75) is 33.1 Å². The van der Waals surface area contributed by atoms with Crippen molar-refractivity contribution in [1.29, 1.82) is 0 Å². The smallest absolute Gasteiger partial charge is 0.201 e. The highest BCUT2D eigenvalue weighted by atomic mass is 19.1. The van der Waals surface area contributed by atoms with Crippen LogP contribution in [-0.2, 0) is 0 Å². The highest BCUT2D eigenvalue weighted by Gasteiger charge is 2.03. The summed E-state index contributed by atoms with van der Waals surface area (Å²) in [5.74, 6) is 1.24. The number of aromatic amines is 1. The molecule has 0 bridgehead atoms. The molecule has 0 radical (unpaired) electrons. The standard InChI is InChI=1S/C14H20FN3/c1-10(2)5-3-4-8-16-14-17-12-7-6-11(15)9-13(12)18-14/h6-7,9-10H,3-5,8H2,1-2H3,(H2,16,17,18). The van der Waals surface area contributed by atoms with Crippen molar-refractivity contribution in [3.05, 3.63) is 24.0 Å². The SMILES string of the molecule is CC(C)CCCCNc1nc2ccc(F)cc2[nH]1. The van der Waals surface area contributed by atoms with E-state index in [1.807, 2.05) is 0 Å². The molecular formula is C14H20FN3. The number of halogens is 1. The molecule has 1 heterocycles. The van der Waals surface area contributed by atoms with Crippen LogP contribution in [0.15, 0.2) is 18.2 Å². The third-order valence-electron chi connectivity index (χ3n) is 2.94.